The number of carbonyl (C=O) groups is 1. The fourth-order valence-corrected chi connectivity index (χ4v) is 5.19. The third-order valence-corrected chi connectivity index (χ3v) is 7.31. The fraction of sp³-hybridized carbons (Fsp3) is 0.500. The lowest BCUT2D eigenvalue weighted by Gasteiger charge is -2.33. The van der Waals surface area contributed by atoms with Crippen LogP contribution in [0.3, 0.4) is 0 Å². The zero-order chi connectivity index (χ0) is 22.4. The van der Waals surface area contributed by atoms with Crippen LogP contribution < -0.4 is 0 Å². The Morgan fingerprint density at radius 1 is 1.16 bits per heavy atom. The molecule has 0 spiro atoms. The highest BCUT2D eigenvalue weighted by Gasteiger charge is 2.37. The van der Waals surface area contributed by atoms with Crippen molar-refractivity contribution in [1.29, 1.82) is 0 Å². The quantitative estimate of drug-likeness (QED) is 0.770. The van der Waals surface area contributed by atoms with Gasteiger partial charge in [0, 0.05) is 25.2 Å². The second-order valence-electron chi connectivity index (χ2n) is 8.03. The Bertz CT molecular complexity index is 1090. The van der Waals surface area contributed by atoms with E-state index < -0.39 is 21.8 Å². The summed E-state index contributed by atoms with van der Waals surface area (Å²) in [6, 6.07) is 5.61. The lowest BCUT2D eigenvalue weighted by Crippen LogP contribution is -2.39. The van der Waals surface area contributed by atoms with Gasteiger partial charge < -0.3 is 4.90 Å². The van der Waals surface area contributed by atoms with Gasteiger partial charge in [-0.3, -0.25) is 9.89 Å². The molecule has 0 bridgehead atoms. The van der Waals surface area contributed by atoms with Crippen molar-refractivity contribution in [2.24, 2.45) is 0 Å². The van der Waals surface area contributed by atoms with Gasteiger partial charge in [0.25, 0.3) is 5.91 Å². The predicted octanol–water partition coefficient (Wildman–Crippen LogP) is 2.77. The first kappa shape index (κ1) is 21.8. The number of aromatic nitrogens is 2. The van der Waals surface area contributed by atoms with Crippen LogP contribution in [0.4, 0.5) is 13.2 Å². The van der Waals surface area contributed by atoms with Crippen molar-refractivity contribution in [2.75, 3.05) is 25.9 Å². The molecule has 1 saturated heterocycles. The van der Waals surface area contributed by atoms with Gasteiger partial charge in [0.1, 0.15) is 0 Å². The zero-order valence-electron chi connectivity index (χ0n) is 16.9. The third-order valence-electron chi connectivity index (χ3n) is 6.06. The van der Waals surface area contributed by atoms with Crippen molar-refractivity contribution in [1.82, 2.24) is 19.4 Å². The molecule has 168 valence electrons. The van der Waals surface area contributed by atoms with E-state index in [-0.39, 0.29) is 36.2 Å². The number of amides is 1. The molecule has 0 saturated carbocycles. The first-order chi connectivity index (χ1) is 14.6. The average molecular weight is 456 g/mol. The number of aromatic amines is 1. The summed E-state index contributed by atoms with van der Waals surface area (Å²) < 4.78 is 64.9. The highest BCUT2D eigenvalue weighted by Crippen LogP contribution is 2.38. The minimum atomic E-state index is -4.41. The molecule has 11 heteroatoms. The van der Waals surface area contributed by atoms with E-state index in [1.54, 1.807) is 11.0 Å². The number of hydrogen-bond donors (Lipinski definition) is 1. The molecule has 0 aliphatic carbocycles. The Balaban J connectivity index is 1.46. The van der Waals surface area contributed by atoms with E-state index in [1.807, 2.05) is 0 Å². The minimum absolute atomic E-state index is 0.144. The van der Waals surface area contributed by atoms with Crippen molar-refractivity contribution >= 4 is 15.9 Å². The number of piperidine rings is 1. The molecule has 0 atom stereocenters. The first-order valence-electron chi connectivity index (χ1n) is 10.0. The molecule has 2 aliphatic heterocycles. The van der Waals surface area contributed by atoms with Gasteiger partial charge in [0.05, 0.1) is 24.1 Å². The maximum absolute atomic E-state index is 13.3. The monoisotopic (exact) mass is 456 g/mol. The van der Waals surface area contributed by atoms with Crippen LogP contribution in [-0.2, 0) is 29.2 Å². The number of carbonyl (C=O) groups excluding carboxylic acids is 1. The van der Waals surface area contributed by atoms with Gasteiger partial charge in [-0.2, -0.15) is 22.6 Å². The van der Waals surface area contributed by atoms with E-state index in [1.165, 1.54) is 16.4 Å². The Hall–Kier alpha value is -2.40. The summed E-state index contributed by atoms with van der Waals surface area (Å²) >= 11 is 0. The number of nitrogens with zero attached hydrogens (tertiary/aromatic N) is 3. The van der Waals surface area contributed by atoms with E-state index >= 15 is 0 Å². The molecule has 31 heavy (non-hydrogen) atoms. The summed E-state index contributed by atoms with van der Waals surface area (Å²) in [6.45, 7) is 1.10. The Kier molecular flexibility index (Phi) is 5.59. The lowest BCUT2D eigenvalue weighted by molar-refractivity contribution is -0.138. The van der Waals surface area contributed by atoms with Crippen molar-refractivity contribution in [3.05, 3.63) is 52.3 Å². The standard InChI is InChI=1S/C20H23F3N4O3S/c1-31(29,30)27-11-8-15-17(12-27)24-25-18(15)19(28)26-9-6-13(7-10-26)14-4-2-3-5-16(14)20(21,22)23/h2-5,13H,6-12H2,1H3,(H,24,25). The molecule has 3 heterocycles. The number of H-pyrrole nitrogens is 1. The summed E-state index contributed by atoms with van der Waals surface area (Å²) in [5.74, 6) is -0.536. The smallest absolute Gasteiger partial charge is 0.337 e. The first-order valence-corrected chi connectivity index (χ1v) is 11.9. The second-order valence-corrected chi connectivity index (χ2v) is 10.0. The number of nitrogens with one attached hydrogen (secondary N) is 1. The average Bonchev–Trinajstić information content (AvgIpc) is 3.15. The van der Waals surface area contributed by atoms with Crippen LogP contribution in [0.25, 0.3) is 0 Å². The van der Waals surface area contributed by atoms with E-state index in [9.17, 15) is 26.4 Å². The van der Waals surface area contributed by atoms with Crippen molar-refractivity contribution in [2.45, 2.75) is 37.9 Å². The molecule has 1 fully saturated rings. The van der Waals surface area contributed by atoms with E-state index in [0.29, 0.717) is 38.0 Å². The number of fused-ring (bicyclic) bond motifs is 1. The van der Waals surface area contributed by atoms with Gasteiger partial charge in [0.15, 0.2) is 5.69 Å². The summed E-state index contributed by atoms with van der Waals surface area (Å²) in [6.07, 6.45) is -2.00. The topological polar surface area (TPSA) is 86.4 Å². The number of alkyl halides is 3. The molecule has 7 nitrogen and oxygen atoms in total. The number of halogens is 3. The summed E-state index contributed by atoms with van der Waals surface area (Å²) in [7, 11) is -3.34. The number of hydrogen-bond acceptors (Lipinski definition) is 4. The van der Waals surface area contributed by atoms with Crippen molar-refractivity contribution < 1.29 is 26.4 Å². The summed E-state index contributed by atoms with van der Waals surface area (Å²) in [4.78, 5) is 14.6. The molecular formula is C20H23F3N4O3S. The zero-order valence-corrected chi connectivity index (χ0v) is 17.8. The fourth-order valence-electron chi connectivity index (χ4n) is 4.41. The van der Waals surface area contributed by atoms with Crippen LogP contribution in [0.1, 0.15) is 51.6 Å². The van der Waals surface area contributed by atoms with Crippen LogP contribution in [0.2, 0.25) is 0 Å². The van der Waals surface area contributed by atoms with Gasteiger partial charge in [0.2, 0.25) is 10.0 Å². The van der Waals surface area contributed by atoms with E-state index in [4.69, 9.17) is 0 Å². The molecule has 1 amide bonds. The second kappa shape index (κ2) is 7.94. The molecule has 0 radical (unpaired) electrons. The van der Waals surface area contributed by atoms with E-state index in [2.05, 4.69) is 10.2 Å². The van der Waals surface area contributed by atoms with Gasteiger partial charge in [-0.15, -0.1) is 0 Å². The van der Waals surface area contributed by atoms with Crippen LogP contribution in [-0.4, -0.2) is 59.6 Å². The van der Waals surface area contributed by atoms with Gasteiger partial charge >= 0.3 is 6.18 Å². The third kappa shape index (κ3) is 4.33. The Morgan fingerprint density at radius 2 is 1.84 bits per heavy atom. The Labute approximate surface area is 178 Å². The largest absolute Gasteiger partial charge is 0.416 e. The molecule has 1 N–H and O–H groups in total. The molecule has 2 aromatic rings. The highest BCUT2D eigenvalue weighted by atomic mass is 32.2. The predicted molar refractivity (Wildman–Crippen MR) is 107 cm³/mol. The highest BCUT2D eigenvalue weighted by molar-refractivity contribution is 7.88. The van der Waals surface area contributed by atoms with Gasteiger partial charge in [-0.1, -0.05) is 18.2 Å². The van der Waals surface area contributed by atoms with Crippen LogP contribution in [0, 0.1) is 0 Å². The Morgan fingerprint density at radius 3 is 2.48 bits per heavy atom. The van der Waals surface area contributed by atoms with Crippen LogP contribution in [0.15, 0.2) is 24.3 Å². The number of likely N-dealkylation sites (tertiary alicyclic amines) is 1. The number of rotatable bonds is 3. The minimum Gasteiger partial charge on any atom is -0.337 e. The normalized spacial score (nSPS) is 18.8. The number of sulfonamides is 1. The maximum atomic E-state index is 13.3. The van der Waals surface area contributed by atoms with Crippen molar-refractivity contribution in [3.8, 4) is 0 Å². The summed E-state index contributed by atoms with van der Waals surface area (Å²) in [5.41, 5.74) is 1.26. The van der Waals surface area contributed by atoms with Crippen molar-refractivity contribution in [3.63, 3.8) is 0 Å². The maximum Gasteiger partial charge on any atom is 0.416 e. The van der Waals surface area contributed by atoms with Crippen LogP contribution in [0.5, 0.6) is 0 Å². The van der Waals surface area contributed by atoms with Crippen LogP contribution >= 0.6 is 0 Å². The summed E-state index contributed by atoms with van der Waals surface area (Å²) in [5, 5.41) is 6.90. The van der Waals surface area contributed by atoms with Gasteiger partial charge in [-0.25, -0.2) is 8.42 Å². The van der Waals surface area contributed by atoms with Gasteiger partial charge in [-0.05, 0) is 36.8 Å². The molecule has 0 unspecified atom stereocenters. The molecule has 1 aromatic heterocycles. The SMILES string of the molecule is CS(=O)(=O)N1CCc2c(C(=O)N3CCC(c4ccccc4C(F)(F)F)CC3)n[nH]c2C1. The molecular weight excluding hydrogens is 433 g/mol. The number of benzene rings is 1. The molecule has 2 aliphatic rings. The molecule has 1 aromatic carbocycles. The molecule has 4 rings (SSSR count). The van der Waals surface area contributed by atoms with E-state index in [0.717, 1.165) is 17.9 Å². The lowest BCUT2D eigenvalue weighted by atomic mass is 9.86.